The van der Waals surface area contributed by atoms with Gasteiger partial charge >= 0.3 is 0 Å². The number of nitrogens with zero attached hydrogens (tertiary/aromatic N) is 3. The standard InChI is InChI=1S/C17H12ClN5OS2/c18-13-6-4-11(5-7-13)15-8-9-16(25-15)26(24)21-14-3-1-2-12(10-14)17-19-22-23-20-17/h1-10,21H,(H,19,20,22,23). The minimum Gasteiger partial charge on any atom is -0.587 e. The molecule has 0 bridgehead atoms. The summed E-state index contributed by atoms with van der Waals surface area (Å²) in [6, 6.07) is 18.8. The van der Waals surface area contributed by atoms with Crippen molar-refractivity contribution in [1.82, 2.24) is 20.6 Å². The predicted molar refractivity (Wildman–Crippen MR) is 104 cm³/mol. The fourth-order valence-electron chi connectivity index (χ4n) is 2.36. The second-order valence-corrected chi connectivity index (χ2v) is 8.29. The molecule has 9 heteroatoms. The number of rotatable bonds is 5. The number of H-pyrrole nitrogens is 1. The summed E-state index contributed by atoms with van der Waals surface area (Å²) in [5.41, 5.74) is 2.58. The van der Waals surface area contributed by atoms with Gasteiger partial charge in [0.25, 0.3) is 0 Å². The lowest BCUT2D eigenvalue weighted by molar-refractivity contribution is 0.602. The van der Waals surface area contributed by atoms with Crippen LogP contribution in [0.5, 0.6) is 0 Å². The third-order valence-corrected chi connectivity index (χ3v) is 6.39. The van der Waals surface area contributed by atoms with E-state index in [2.05, 4.69) is 25.3 Å². The molecule has 0 amide bonds. The predicted octanol–water partition coefficient (Wildman–Crippen LogP) is 4.38. The van der Waals surface area contributed by atoms with Crippen LogP contribution >= 0.6 is 22.9 Å². The van der Waals surface area contributed by atoms with E-state index in [4.69, 9.17) is 11.6 Å². The van der Waals surface area contributed by atoms with Gasteiger partial charge in [0.05, 0.1) is 5.69 Å². The number of thiophene rings is 1. The first kappa shape index (κ1) is 17.0. The van der Waals surface area contributed by atoms with Crippen molar-refractivity contribution in [1.29, 1.82) is 0 Å². The van der Waals surface area contributed by atoms with Gasteiger partial charge in [-0.15, -0.1) is 5.10 Å². The Morgan fingerprint density at radius 3 is 2.65 bits per heavy atom. The molecule has 0 saturated heterocycles. The fourth-order valence-corrected chi connectivity index (χ4v) is 4.56. The van der Waals surface area contributed by atoms with E-state index in [1.165, 1.54) is 11.3 Å². The number of nitrogens with one attached hydrogen (secondary N) is 2. The van der Waals surface area contributed by atoms with Gasteiger partial charge < -0.3 is 4.55 Å². The zero-order valence-corrected chi connectivity index (χ0v) is 15.6. The molecule has 2 heterocycles. The van der Waals surface area contributed by atoms with Gasteiger partial charge in [-0.05, 0) is 46.3 Å². The fraction of sp³-hybridized carbons (Fsp3) is 0. The molecule has 1 unspecified atom stereocenters. The van der Waals surface area contributed by atoms with Crippen LogP contribution in [0.3, 0.4) is 0 Å². The van der Waals surface area contributed by atoms with E-state index in [9.17, 15) is 4.55 Å². The van der Waals surface area contributed by atoms with E-state index < -0.39 is 11.4 Å². The van der Waals surface area contributed by atoms with Gasteiger partial charge in [0.1, 0.15) is 11.4 Å². The summed E-state index contributed by atoms with van der Waals surface area (Å²) >= 11 is 6.04. The molecule has 6 nitrogen and oxygen atoms in total. The van der Waals surface area contributed by atoms with Crippen LogP contribution in [0.25, 0.3) is 21.8 Å². The molecule has 0 saturated carbocycles. The third kappa shape index (κ3) is 3.73. The quantitative estimate of drug-likeness (QED) is 0.484. The van der Waals surface area contributed by atoms with E-state index in [1.807, 2.05) is 60.7 Å². The smallest absolute Gasteiger partial charge is 0.234 e. The second kappa shape index (κ2) is 7.46. The highest BCUT2D eigenvalue weighted by Crippen LogP contribution is 2.32. The summed E-state index contributed by atoms with van der Waals surface area (Å²) in [5, 5.41) is 14.4. The van der Waals surface area contributed by atoms with Gasteiger partial charge in [0.15, 0.2) is 5.82 Å². The lowest BCUT2D eigenvalue weighted by Gasteiger charge is -2.10. The Bertz CT molecular complexity index is 1000. The number of aromatic nitrogens is 4. The topological polar surface area (TPSA) is 89.5 Å². The Morgan fingerprint density at radius 1 is 1.04 bits per heavy atom. The Labute approximate surface area is 161 Å². The second-order valence-electron chi connectivity index (χ2n) is 5.33. The molecule has 2 N–H and O–H groups in total. The Balaban J connectivity index is 1.51. The van der Waals surface area contributed by atoms with Gasteiger partial charge in [-0.2, -0.15) is 0 Å². The van der Waals surface area contributed by atoms with Crippen LogP contribution in [0.2, 0.25) is 5.02 Å². The number of halogens is 1. The zero-order valence-electron chi connectivity index (χ0n) is 13.2. The Hall–Kier alpha value is -2.39. The highest BCUT2D eigenvalue weighted by atomic mass is 35.5. The van der Waals surface area contributed by atoms with Gasteiger partial charge in [0.2, 0.25) is 4.21 Å². The molecule has 0 radical (unpaired) electrons. The third-order valence-electron chi connectivity index (χ3n) is 3.58. The SMILES string of the molecule is [O-][S+](Nc1cccc(-c2nnn[nH]2)c1)c1ccc(-c2ccc(Cl)cc2)s1. The van der Waals surface area contributed by atoms with Crippen molar-refractivity contribution in [2.75, 3.05) is 4.72 Å². The Kier molecular flexibility index (Phi) is 4.89. The van der Waals surface area contributed by atoms with Crippen LogP contribution in [-0.2, 0) is 11.4 Å². The highest BCUT2D eigenvalue weighted by Gasteiger charge is 2.16. The molecule has 0 aliphatic heterocycles. The maximum atomic E-state index is 12.7. The van der Waals surface area contributed by atoms with Crippen LogP contribution in [-0.4, -0.2) is 25.2 Å². The molecule has 0 fully saturated rings. The van der Waals surface area contributed by atoms with Gasteiger partial charge in [-0.3, -0.25) is 0 Å². The molecule has 4 aromatic rings. The molecule has 4 rings (SSSR count). The van der Waals surface area contributed by atoms with Gasteiger partial charge in [0, 0.05) is 21.5 Å². The van der Waals surface area contributed by atoms with Crippen LogP contribution in [0, 0.1) is 0 Å². The van der Waals surface area contributed by atoms with Crippen molar-refractivity contribution in [2.24, 2.45) is 0 Å². The van der Waals surface area contributed by atoms with Gasteiger partial charge in [-0.25, -0.2) is 9.82 Å². The molecule has 0 spiro atoms. The summed E-state index contributed by atoms with van der Waals surface area (Å²) in [4.78, 5) is 1.04. The van der Waals surface area contributed by atoms with Crippen LogP contribution in [0.1, 0.15) is 0 Å². The average molecular weight is 402 g/mol. The summed E-state index contributed by atoms with van der Waals surface area (Å²) in [5.74, 6) is 0.556. The van der Waals surface area contributed by atoms with E-state index >= 15 is 0 Å². The van der Waals surface area contributed by atoms with Crippen LogP contribution in [0.4, 0.5) is 5.69 Å². The lowest BCUT2D eigenvalue weighted by atomic mass is 10.2. The number of hydrogen-bond donors (Lipinski definition) is 2. The number of hydrogen-bond acceptors (Lipinski definition) is 6. The summed E-state index contributed by atoms with van der Waals surface area (Å²) < 4.78 is 16.4. The minimum absolute atomic E-state index is 0.556. The van der Waals surface area contributed by atoms with Crippen LogP contribution < -0.4 is 4.72 Å². The number of aromatic amines is 1. The average Bonchev–Trinajstić information content (AvgIpc) is 3.35. The lowest BCUT2D eigenvalue weighted by Crippen LogP contribution is -2.11. The number of benzene rings is 2. The molecular formula is C17H12ClN5OS2. The molecule has 2 aromatic heterocycles. The van der Waals surface area contributed by atoms with Crippen molar-refractivity contribution in [2.45, 2.75) is 4.21 Å². The van der Waals surface area contributed by atoms with E-state index in [0.717, 1.165) is 25.9 Å². The summed E-state index contributed by atoms with van der Waals surface area (Å²) in [7, 11) is 0. The Morgan fingerprint density at radius 2 is 1.88 bits per heavy atom. The maximum absolute atomic E-state index is 12.7. The molecule has 1 atom stereocenters. The first-order valence-electron chi connectivity index (χ1n) is 7.57. The van der Waals surface area contributed by atoms with E-state index in [1.54, 1.807) is 0 Å². The first-order valence-corrected chi connectivity index (χ1v) is 9.92. The van der Waals surface area contributed by atoms with E-state index in [0.29, 0.717) is 10.8 Å². The molecule has 2 aromatic carbocycles. The zero-order chi connectivity index (χ0) is 17.9. The molecule has 0 aliphatic rings. The number of tetrazole rings is 1. The summed E-state index contributed by atoms with van der Waals surface area (Å²) in [6.45, 7) is 0. The minimum atomic E-state index is -1.37. The van der Waals surface area contributed by atoms with Crippen molar-refractivity contribution in [3.05, 3.63) is 65.7 Å². The largest absolute Gasteiger partial charge is 0.587 e. The molecule has 130 valence electrons. The van der Waals surface area contributed by atoms with Crippen molar-refractivity contribution < 1.29 is 4.55 Å². The number of anilines is 1. The summed E-state index contributed by atoms with van der Waals surface area (Å²) in [6.07, 6.45) is 0. The monoisotopic (exact) mass is 401 g/mol. The van der Waals surface area contributed by atoms with Crippen molar-refractivity contribution in [3.8, 4) is 21.8 Å². The normalized spacial score (nSPS) is 12.1. The molecule has 0 aliphatic carbocycles. The van der Waals surface area contributed by atoms with Crippen molar-refractivity contribution in [3.63, 3.8) is 0 Å². The van der Waals surface area contributed by atoms with E-state index in [-0.39, 0.29) is 0 Å². The van der Waals surface area contributed by atoms with Gasteiger partial charge in [-0.1, -0.05) is 47.2 Å². The molecule has 26 heavy (non-hydrogen) atoms. The maximum Gasteiger partial charge on any atom is 0.234 e. The highest BCUT2D eigenvalue weighted by molar-refractivity contribution is 7.94. The van der Waals surface area contributed by atoms with Crippen molar-refractivity contribution >= 4 is 40.0 Å². The first-order chi connectivity index (χ1) is 12.7. The van der Waals surface area contributed by atoms with Crippen LogP contribution in [0.15, 0.2) is 64.9 Å². The molecular weight excluding hydrogens is 390 g/mol.